The second-order valence-electron chi connectivity index (χ2n) is 6.34. The van der Waals surface area contributed by atoms with Crippen LogP contribution in [0.3, 0.4) is 0 Å². The van der Waals surface area contributed by atoms with Crippen LogP contribution in [0.5, 0.6) is 11.5 Å². The van der Waals surface area contributed by atoms with Gasteiger partial charge in [-0.25, -0.2) is 4.39 Å². The van der Waals surface area contributed by atoms with Crippen molar-refractivity contribution >= 4 is 11.6 Å². The molecule has 25 heavy (non-hydrogen) atoms. The van der Waals surface area contributed by atoms with E-state index in [1.165, 1.54) is 31.7 Å². The fourth-order valence-corrected chi connectivity index (χ4v) is 3.37. The highest BCUT2D eigenvalue weighted by Crippen LogP contribution is 2.30. The molecule has 0 radical (unpaired) electrons. The molecular formula is C20H23ClFNO2. The SMILES string of the molecule is COc1cc(CNC2CCCC2)ccc1OCc1c(F)cccc1Cl. The van der Waals surface area contributed by atoms with Crippen molar-refractivity contribution in [3.05, 3.63) is 58.4 Å². The number of hydrogen-bond donors (Lipinski definition) is 1. The first kappa shape index (κ1) is 18.0. The number of ether oxygens (including phenoxy) is 2. The third-order valence-electron chi connectivity index (χ3n) is 4.61. The Morgan fingerprint density at radius 1 is 1.16 bits per heavy atom. The normalized spacial score (nSPS) is 14.7. The number of methoxy groups -OCH3 is 1. The van der Waals surface area contributed by atoms with Crippen molar-refractivity contribution in [1.82, 2.24) is 5.32 Å². The maximum Gasteiger partial charge on any atom is 0.161 e. The Balaban J connectivity index is 1.65. The van der Waals surface area contributed by atoms with Crippen LogP contribution in [0.15, 0.2) is 36.4 Å². The molecule has 1 fully saturated rings. The molecule has 0 amide bonds. The second-order valence-corrected chi connectivity index (χ2v) is 6.74. The monoisotopic (exact) mass is 363 g/mol. The Kier molecular flexibility index (Phi) is 6.16. The molecule has 1 saturated carbocycles. The summed E-state index contributed by atoms with van der Waals surface area (Å²) < 4.78 is 25.0. The molecule has 2 aromatic rings. The molecule has 0 unspecified atom stereocenters. The molecule has 0 aliphatic heterocycles. The van der Waals surface area contributed by atoms with E-state index in [1.54, 1.807) is 19.2 Å². The average Bonchev–Trinajstić information content (AvgIpc) is 3.13. The zero-order valence-electron chi connectivity index (χ0n) is 14.4. The lowest BCUT2D eigenvalue weighted by atomic mass is 10.1. The molecule has 0 atom stereocenters. The molecule has 0 bridgehead atoms. The number of nitrogens with one attached hydrogen (secondary N) is 1. The zero-order chi connectivity index (χ0) is 17.6. The van der Waals surface area contributed by atoms with E-state index in [1.807, 2.05) is 18.2 Å². The molecule has 1 aliphatic carbocycles. The van der Waals surface area contributed by atoms with E-state index in [0.29, 0.717) is 28.1 Å². The van der Waals surface area contributed by atoms with E-state index >= 15 is 0 Å². The summed E-state index contributed by atoms with van der Waals surface area (Å²) in [4.78, 5) is 0. The summed E-state index contributed by atoms with van der Waals surface area (Å²) in [6.45, 7) is 0.863. The molecule has 1 aliphatic rings. The van der Waals surface area contributed by atoms with Crippen LogP contribution in [-0.2, 0) is 13.2 Å². The van der Waals surface area contributed by atoms with Crippen molar-refractivity contribution in [3.63, 3.8) is 0 Å². The van der Waals surface area contributed by atoms with Gasteiger partial charge >= 0.3 is 0 Å². The van der Waals surface area contributed by atoms with Gasteiger partial charge in [-0.1, -0.05) is 36.6 Å². The minimum Gasteiger partial charge on any atom is -0.493 e. The van der Waals surface area contributed by atoms with Crippen LogP contribution >= 0.6 is 11.6 Å². The van der Waals surface area contributed by atoms with Crippen LogP contribution in [0, 0.1) is 5.82 Å². The summed E-state index contributed by atoms with van der Waals surface area (Å²) in [5.74, 6) is 0.841. The Hall–Kier alpha value is -1.78. The van der Waals surface area contributed by atoms with Crippen molar-refractivity contribution in [1.29, 1.82) is 0 Å². The molecular weight excluding hydrogens is 341 g/mol. The van der Waals surface area contributed by atoms with E-state index in [0.717, 1.165) is 12.1 Å². The van der Waals surface area contributed by atoms with Crippen molar-refractivity contribution in [2.75, 3.05) is 7.11 Å². The van der Waals surface area contributed by atoms with E-state index in [4.69, 9.17) is 21.1 Å². The van der Waals surface area contributed by atoms with Crippen LogP contribution in [0.4, 0.5) is 4.39 Å². The van der Waals surface area contributed by atoms with Crippen LogP contribution in [0.25, 0.3) is 0 Å². The lowest BCUT2D eigenvalue weighted by Gasteiger charge is -2.15. The van der Waals surface area contributed by atoms with Gasteiger partial charge in [-0.15, -0.1) is 0 Å². The summed E-state index contributed by atoms with van der Waals surface area (Å²) in [7, 11) is 1.60. The van der Waals surface area contributed by atoms with Gasteiger partial charge in [0.1, 0.15) is 12.4 Å². The average molecular weight is 364 g/mol. The molecule has 3 nitrogen and oxygen atoms in total. The van der Waals surface area contributed by atoms with Crippen molar-refractivity contribution in [2.24, 2.45) is 0 Å². The van der Waals surface area contributed by atoms with Gasteiger partial charge in [-0.05, 0) is 42.7 Å². The minimum atomic E-state index is -0.371. The topological polar surface area (TPSA) is 30.5 Å². The predicted molar refractivity (Wildman–Crippen MR) is 97.8 cm³/mol. The first-order valence-corrected chi connectivity index (χ1v) is 9.01. The molecule has 0 saturated heterocycles. The van der Waals surface area contributed by atoms with E-state index < -0.39 is 0 Å². The Labute approximate surface area is 153 Å². The molecule has 134 valence electrons. The lowest BCUT2D eigenvalue weighted by molar-refractivity contribution is 0.279. The van der Waals surface area contributed by atoms with Gasteiger partial charge in [0.2, 0.25) is 0 Å². The molecule has 1 N–H and O–H groups in total. The summed E-state index contributed by atoms with van der Waals surface area (Å²) in [6.07, 6.45) is 5.13. The highest BCUT2D eigenvalue weighted by atomic mass is 35.5. The maximum atomic E-state index is 13.8. The molecule has 0 spiro atoms. The van der Waals surface area contributed by atoms with Crippen LogP contribution in [0.1, 0.15) is 36.8 Å². The first-order valence-electron chi connectivity index (χ1n) is 8.63. The third-order valence-corrected chi connectivity index (χ3v) is 4.97. The van der Waals surface area contributed by atoms with E-state index in [9.17, 15) is 4.39 Å². The Morgan fingerprint density at radius 3 is 2.68 bits per heavy atom. The Morgan fingerprint density at radius 2 is 1.96 bits per heavy atom. The number of benzene rings is 2. The molecule has 0 aromatic heterocycles. The van der Waals surface area contributed by atoms with Gasteiger partial charge < -0.3 is 14.8 Å². The molecule has 2 aromatic carbocycles. The largest absolute Gasteiger partial charge is 0.493 e. The van der Waals surface area contributed by atoms with E-state index in [2.05, 4.69) is 5.32 Å². The van der Waals surface area contributed by atoms with Crippen LogP contribution in [-0.4, -0.2) is 13.2 Å². The van der Waals surface area contributed by atoms with Crippen molar-refractivity contribution < 1.29 is 13.9 Å². The summed E-state index contributed by atoms with van der Waals surface area (Å²) >= 11 is 6.04. The first-order chi connectivity index (χ1) is 12.2. The fraction of sp³-hybridized carbons (Fsp3) is 0.400. The lowest BCUT2D eigenvalue weighted by Crippen LogP contribution is -2.25. The van der Waals surface area contributed by atoms with Gasteiger partial charge in [0.05, 0.1) is 12.1 Å². The van der Waals surface area contributed by atoms with Gasteiger partial charge in [0, 0.05) is 18.2 Å². The van der Waals surface area contributed by atoms with Gasteiger partial charge in [0.15, 0.2) is 11.5 Å². The summed E-state index contributed by atoms with van der Waals surface area (Å²) in [6, 6.07) is 11.0. The predicted octanol–water partition coefficient (Wildman–Crippen LogP) is 5.10. The summed E-state index contributed by atoms with van der Waals surface area (Å²) in [5, 5.41) is 3.94. The zero-order valence-corrected chi connectivity index (χ0v) is 15.1. The maximum absolute atomic E-state index is 13.8. The van der Waals surface area contributed by atoms with Crippen molar-refractivity contribution in [2.45, 2.75) is 44.9 Å². The quantitative estimate of drug-likeness (QED) is 0.742. The molecule has 3 rings (SSSR count). The number of hydrogen-bond acceptors (Lipinski definition) is 3. The number of rotatable bonds is 7. The second kappa shape index (κ2) is 8.54. The molecule has 0 heterocycles. The van der Waals surface area contributed by atoms with Gasteiger partial charge in [0.25, 0.3) is 0 Å². The van der Waals surface area contributed by atoms with Gasteiger partial charge in [-0.2, -0.15) is 0 Å². The van der Waals surface area contributed by atoms with Crippen LogP contribution in [0.2, 0.25) is 5.02 Å². The fourth-order valence-electron chi connectivity index (χ4n) is 3.15. The van der Waals surface area contributed by atoms with Gasteiger partial charge in [-0.3, -0.25) is 0 Å². The van der Waals surface area contributed by atoms with Crippen molar-refractivity contribution in [3.8, 4) is 11.5 Å². The smallest absolute Gasteiger partial charge is 0.161 e. The summed E-state index contributed by atoms with van der Waals surface area (Å²) in [5.41, 5.74) is 1.48. The Bertz CT molecular complexity index is 697. The third kappa shape index (κ3) is 4.65. The minimum absolute atomic E-state index is 0.0571. The standard InChI is InChI=1S/C20H23ClFNO2/c1-24-20-11-14(12-23-15-5-2-3-6-15)9-10-19(20)25-13-16-17(21)7-4-8-18(16)22/h4,7-11,15,23H,2-3,5-6,12-13H2,1H3. The highest BCUT2D eigenvalue weighted by Gasteiger charge is 2.15. The highest BCUT2D eigenvalue weighted by molar-refractivity contribution is 6.31. The van der Waals surface area contributed by atoms with E-state index in [-0.39, 0.29) is 12.4 Å². The van der Waals surface area contributed by atoms with Crippen LogP contribution < -0.4 is 14.8 Å². The molecule has 5 heteroatoms. The number of halogens is 2.